The fourth-order valence-corrected chi connectivity index (χ4v) is 1.97. The number of esters is 1. The molecule has 1 rings (SSSR count). The first-order valence-electron chi connectivity index (χ1n) is 6.52. The number of carbonyl (C=O) groups excluding carboxylic acids is 1. The summed E-state index contributed by atoms with van der Waals surface area (Å²) >= 11 is 0. The number of rotatable bonds is 5. The predicted molar refractivity (Wildman–Crippen MR) is 73.2 cm³/mol. The number of alkyl halides is 6. The van der Waals surface area contributed by atoms with E-state index in [1.54, 1.807) is 0 Å². The molecule has 0 aliphatic rings. The van der Waals surface area contributed by atoms with Crippen LogP contribution in [0.3, 0.4) is 0 Å². The summed E-state index contributed by atoms with van der Waals surface area (Å²) < 4.78 is 87.0. The van der Waals surface area contributed by atoms with Gasteiger partial charge < -0.3 is 9.47 Å². The Balaban J connectivity index is 3.17. The third-order valence-electron chi connectivity index (χ3n) is 3.35. The molecule has 0 atom stereocenters. The number of hydrogen-bond donors (Lipinski definition) is 0. The smallest absolute Gasteiger partial charge is 0.414 e. The van der Waals surface area contributed by atoms with Crippen molar-refractivity contribution in [2.45, 2.75) is 18.8 Å². The van der Waals surface area contributed by atoms with Gasteiger partial charge in [0.1, 0.15) is 5.75 Å². The lowest BCUT2D eigenvalue weighted by Gasteiger charge is -2.33. The number of methoxy groups -OCH3 is 2. The molecule has 0 unspecified atom stereocenters. The zero-order valence-corrected chi connectivity index (χ0v) is 12.7. The fourth-order valence-electron chi connectivity index (χ4n) is 1.97. The summed E-state index contributed by atoms with van der Waals surface area (Å²) in [5.41, 5.74) is -4.27. The van der Waals surface area contributed by atoms with Gasteiger partial charge in [-0.1, -0.05) is 24.3 Å². The van der Waals surface area contributed by atoms with Crippen LogP contribution in [0.15, 0.2) is 30.3 Å². The molecule has 0 bridgehead atoms. The highest BCUT2D eigenvalue weighted by Crippen LogP contribution is 2.53. The highest BCUT2D eigenvalue weighted by atomic mass is 19.4. The maximum Gasteiger partial charge on any atom is 0.414 e. The van der Waals surface area contributed by atoms with Gasteiger partial charge in [0.2, 0.25) is 0 Å². The lowest BCUT2D eigenvalue weighted by Crippen LogP contribution is -2.55. The summed E-state index contributed by atoms with van der Waals surface area (Å²) in [6.45, 7) is 0. The molecular formula is C15H14F6O3. The van der Waals surface area contributed by atoms with Crippen LogP contribution in [0.2, 0.25) is 0 Å². The Bertz CT molecular complexity index is 573. The Labute approximate surface area is 133 Å². The standard InChI is InChI=1S/C15H14F6O3/c1-23-11-7-5-10(6-8-11)4-3-9-13(12(22)24-2,14(16,17)18)15(19,20)21/h3-8H,9H2,1-2H3/b4-3-. The molecule has 0 N–H and O–H groups in total. The van der Waals surface area contributed by atoms with Crippen molar-refractivity contribution < 1.29 is 40.6 Å². The molecule has 0 amide bonds. The van der Waals surface area contributed by atoms with Crippen molar-refractivity contribution in [2.75, 3.05) is 14.2 Å². The topological polar surface area (TPSA) is 35.5 Å². The average molecular weight is 356 g/mol. The molecule has 0 saturated carbocycles. The quantitative estimate of drug-likeness (QED) is 0.580. The van der Waals surface area contributed by atoms with E-state index in [1.807, 2.05) is 0 Å². The van der Waals surface area contributed by atoms with E-state index in [4.69, 9.17) is 4.74 Å². The molecule has 3 nitrogen and oxygen atoms in total. The van der Waals surface area contributed by atoms with E-state index < -0.39 is 30.2 Å². The van der Waals surface area contributed by atoms with E-state index in [-0.39, 0.29) is 0 Å². The first-order chi connectivity index (χ1) is 11.0. The minimum atomic E-state index is -5.86. The third-order valence-corrected chi connectivity index (χ3v) is 3.35. The van der Waals surface area contributed by atoms with Gasteiger partial charge in [-0.15, -0.1) is 0 Å². The van der Waals surface area contributed by atoms with Crippen molar-refractivity contribution in [3.8, 4) is 5.75 Å². The van der Waals surface area contributed by atoms with E-state index >= 15 is 0 Å². The van der Waals surface area contributed by atoms with Gasteiger partial charge in [-0.25, -0.2) is 0 Å². The van der Waals surface area contributed by atoms with Gasteiger partial charge in [0.25, 0.3) is 5.41 Å². The third kappa shape index (κ3) is 3.82. The van der Waals surface area contributed by atoms with Crippen LogP contribution in [0, 0.1) is 5.41 Å². The number of benzene rings is 1. The van der Waals surface area contributed by atoms with Crippen molar-refractivity contribution in [1.29, 1.82) is 0 Å². The molecular weight excluding hydrogens is 342 g/mol. The Kier molecular flexibility index (Phi) is 5.91. The van der Waals surface area contributed by atoms with E-state index in [0.29, 0.717) is 24.5 Å². The second kappa shape index (κ2) is 7.14. The van der Waals surface area contributed by atoms with E-state index in [2.05, 4.69) is 4.74 Å². The Morgan fingerprint density at radius 3 is 1.88 bits per heavy atom. The van der Waals surface area contributed by atoms with Crippen LogP contribution >= 0.6 is 0 Å². The van der Waals surface area contributed by atoms with Crippen molar-refractivity contribution in [1.82, 2.24) is 0 Å². The lowest BCUT2D eigenvalue weighted by molar-refractivity contribution is -0.330. The number of halogens is 6. The highest BCUT2D eigenvalue weighted by molar-refractivity contribution is 5.79. The zero-order valence-electron chi connectivity index (χ0n) is 12.7. The van der Waals surface area contributed by atoms with Crippen LogP contribution in [0.1, 0.15) is 12.0 Å². The second-order valence-corrected chi connectivity index (χ2v) is 4.77. The SMILES string of the molecule is COC(=O)C(C/C=C\c1ccc(OC)cc1)(C(F)(F)F)C(F)(F)F. The normalized spacial score (nSPS) is 13.2. The molecule has 134 valence electrons. The number of ether oxygens (including phenoxy) is 2. The predicted octanol–water partition coefficient (Wildman–Crippen LogP) is 4.38. The summed E-state index contributed by atoms with van der Waals surface area (Å²) in [4.78, 5) is 11.3. The Morgan fingerprint density at radius 2 is 1.50 bits per heavy atom. The minimum absolute atomic E-state index is 0.346. The van der Waals surface area contributed by atoms with Crippen LogP contribution in [0.5, 0.6) is 5.75 Å². The molecule has 24 heavy (non-hydrogen) atoms. The maximum atomic E-state index is 13.1. The van der Waals surface area contributed by atoms with Crippen molar-refractivity contribution in [3.63, 3.8) is 0 Å². The van der Waals surface area contributed by atoms with E-state index in [9.17, 15) is 31.1 Å². The number of allylic oxidation sites excluding steroid dienone is 1. The van der Waals surface area contributed by atoms with Crippen molar-refractivity contribution >= 4 is 12.0 Å². The molecule has 0 aliphatic heterocycles. The summed E-state index contributed by atoms with van der Waals surface area (Å²) in [6, 6.07) is 5.86. The second-order valence-electron chi connectivity index (χ2n) is 4.77. The molecule has 0 fully saturated rings. The Hall–Kier alpha value is -2.19. The van der Waals surface area contributed by atoms with E-state index in [0.717, 1.165) is 6.08 Å². The molecule has 0 radical (unpaired) electrons. The van der Waals surface area contributed by atoms with Gasteiger partial charge >= 0.3 is 18.3 Å². The molecule has 0 heterocycles. The summed E-state index contributed by atoms with van der Waals surface area (Å²) in [6.07, 6.45) is -11.7. The van der Waals surface area contributed by atoms with Crippen LogP contribution in [0.25, 0.3) is 6.08 Å². The molecule has 0 aliphatic carbocycles. The summed E-state index contributed by atoms with van der Waals surface area (Å²) in [7, 11) is 1.88. The van der Waals surface area contributed by atoms with Gasteiger partial charge in [-0.3, -0.25) is 4.79 Å². The monoisotopic (exact) mass is 356 g/mol. The van der Waals surface area contributed by atoms with Crippen LogP contribution in [-0.4, -0.2) is 32.5 Å². The van der Waals surface area contributed by atoms with Gasteiger partial charge in [-0.05, 0) is 24.1 Å². The first kappa shape index (κ1) is 19.9. The van der Waals surface area contributed by atoms with Gasteiger partial charge in [-0.2, -0.15) is 26.3 Å². The lowest BCUT2D eigenvalue weighted by atomic mass is 9.82. The summed E-state index contributed by atoms with van der Waals surface area (Å²) in [5, 5.41) is 0. The first-order valence-corrected chi connectivity index (χ1v) is 6.52. The number of carbonyl (C=O) groups is 1. The van der Waals surface area contributed by atoms with E-state index in [1.165, 1.54) is 31.4 Å². The fraction of sp³-hybridized carbons (Fsp3) is 0.400. The Morgan fingerprint density at radius 1 is 1.00 bits per heavy atom. The number of hydrogen-bond acceptors (Lipinski definition) is 3. The molecule has 0 saturated heterocycles. The minimum Gasteiger partial charge on any atom is -0.497 e. The van der Waals surface area contributed by atoms with Crippen LogP contribution < -0.4 is 4.74 Å². The van der Waals surface area contributed by atoms with Gasteiger partial charge in [0, 0.05) is 0 Å². The average Bonchev–Trinajstić information content (AvgIpc) is 2.49. The van der Waals surface area contributed by atoms with Gasteiger partial charge in [0.05, 0.1) is 14.2 Å². The van der Waals surface area contributed by atoms with Crippen LogP contribution in [-0.2, 0) is 9.53 Å². The van der Waals surface area contributed by atoms with Gasteiger partial charge in [0.15, 0.2) is 0 Å². The maximum absolute atomic E-state index is 13.1. The van der Waals surface area contributed by atoms with Crippen molar-refractivity contribution in [3.05, 3.63) is 35.9 Å². The zero-order chi connectivity index (χ0) is 18.6. The van der Waals surface area contributed by atoms with Crippen molar-refractivity contribution in [2.24, 2.45) is 5.41 Å². The molecule has 1 aromatic carbocycles. The summed E-state index contributed by atoms with van der Waals surface area (Å²) in [5.74, 6) is -1.93. The molecule has 0 aromatic heterocycles. The molecule has 0 spiro atoms. The highest BCUT2D eigenvalue weighted by Gasteiger charge is 2.75. The largest absolute Gasteiger partial charge is 0.497 e. The molecule has 1 aromatic rings. The van der Waals surface area contributed by atoms with Crippen LogP contribution in [0.4, 0.5) is 26.3 Å². The molecule has 9 heteroatoms.